The van der Waals surface area contributed by atoms with Gasteiger partial charge in [0.15, 0.2) is 0 Å². The summed E-state index contributed by atoms with van der Waals surface area (Å²) in [5.74, 6) is 1.51. The summed E-state index contributed by atoms with van der Waals surface area (Å²) in [5, 5.41) is 0. The van der Waals surface area contributed by atoms with Gasteiger partial charge >= 0.3 is 0 Å². The number of nitrogen functional groups attached to an aromatic ring is 1. The number of nitrogens with zero attached hydrogens (tertiary/aromatic N) is 2. The second kappa shape index (κ2) is 6.74. The molecule has 6 heteroatoms. The van der Waals surface area contributed by atoms with E-state index in [4.69, 9.17) is 10.5 Å². The Morgan fingerprint density at radius 3 is 2.75 bits per heavy atom. The number of anilines is 1. The lowest BCUT2D eigenvalue weighted by Crippen LogP contribution is -2.26. The summed E-state index contributed by atoms with van der Waals surface area (Å²) in [4.78, 5) is 16.1. The number of halogens is 1. The molecular weight excluding hydrogens is 369 g/mol. The Morgan fingerprint density at radius 2 is 2.05 bits per heavy atom. The van der Waals surface area contributed by atoms with E-state index in [-0.39, 0.29) is 5.56 Å². The third-order valence-electron chi connectivity index (χ3n) is 2.88. The Balaban J connectivity index is 1.89. The van der Waals surface area contributed by atoms with Crippen molar-refractivity contribution in [3.05, 3.63) is 50.2 Å². The molecule has 2 N–H and O–H groups in total. The topological polar surface area (TPSA) is 70.1 Å². The van der Waals surface area contributed by atoms with E-state index in [1.54, 1.807) is 22.9 Å². The fourth-order valence-electron chi connectivity index (χ4n) is 1.79. The molecule has 2 rings (SSSR count). The number of benzene rings is 1. The van der Waals surface area contributed by atoms with Gasteiger partial charge in [-0.05, 0) is 60.2 Å². The van der Waals surface area contributed by atoms with E-state index in [1.165, 1.54) is 0 Å². The van der Waals surface area contributed by atoms with Crippen molar-refractivity contribution in [3.63, 3.8) is 0 Å². The van der Waals surface area contributed by atoms with Gasteiger partial charge in [0.1, 0.15) is 11.6 Å². The van der Waals surface area contributed by atoms with Crippen LogP contribution < -0.4 is 16.0 Å². The molecule has 106 valence electrons. The largest absolute Gasteiger partial charge is 0.494 e. The molecular formula is C14H16IN3O2. The van der Waals surface area contributed by atoms with Crippen LogP contribution in [0.1, 0.15) is 12.2 Å². The first-order chi connectivity index (χ1) is 9.58. The fourth-order valence-corrected chi connectivity index (χ4v) is 2.22. The smallest absolute Gasteiger partial charge is 0.266 e. The lowest BCUT2D eigenvalue weighted by atomic mass is 10.3. The number of aromatic nitrogens is 2. The number of nitrogens with two attached hydrogens (primary N) is 1. The molecule has 0 unspecified atom stereocenters. The Hall–Kier alpha value is -1.57. The molecule has 0 atom stereocenters. The van der Waals surface area contributed by atoms with Crippen LogP contribution in [-0.4, -0.2) is 16.2 Å². The fraction of sp³-hybridized carbons (Fsp3) is 0.286. The van der Waals surface area contributed by atoms with E-state index in [1.807, 2.05) is 41.6 Å². The van der Waals surface area contributed by atoms with Gasteiger partial charge in [0, 0.05) is 18.4 Å². The molecule has 0 saturated carbocycles. The maximum Gasteiger partial charge on any atom is 0.266 e. The summed E-state index contributed by atoms with van der Waals surface area (Å²) < 4.78 is 7.91. The van der Waals surface area contributed by atoms with Crippen LogP contribution in [0.4, 0.5) is 5.69 Å². The Labute approximate surface area is 130 Å². The van der Waals surface area contributed by atoms with Crippen LogP contribution in [0.3, 0.4) is 0 Å². The second-order valence-electron chi connectivity index (χ2n) is 4.38. The predicted octanol–water partition coefficient (Wildman–Crippen LogP) is 2.21. The average Bonchev–Trinajstić information content (AvgIpc) is 2.44. The number of hydrogen-bond acceptors (Lipinski definition) is 4. The molecule has 2 aromatic rings. The number of aryl methyl sites for hydroxylation is 1. The predicted molar refractivity (Wildman–Crippen MR) is 86.9 cm³/mol. The summed E-state index contributed by atoms with van der Waals surface area (Å²) in [6.45, 7) is 2.98. The molecule has 0 aliphatic carbocycles. The monoisotopic (exact) mass is 385 g/mol. The van der Waals surface area contributed by atoms with Gasteiger partial charge in [-0.25, -0.2) is 4.98 Å². The van der Waals surface area contributed by atoms with Gasteiger partial charge in [-0.1, -0.05) is 0 Å². The molecule has 0 fully saturated rings. The molecule has 1 aromatic carbocycles. The minimum absolute atomic E-state index is 0.00517. The molecule has 1 heterocycles. The molecule has 0 radical (unpaired) electrons. The maximum atomic E-state index is 12.0. The molecule has 20 heavy (non-hydrogen) atoms. The van der Waals surface area contributed by atoms with Gasteiger partial charge in [-0.2, -0.15) is 0 Å². The van der Waals surface area contributed by atoms with Gasteiger partial charge < -0.3 is 10.5 Å². The lowest BCUT2D eigenvalue weighted by Gasteiger charge is -2.10. The van der Waals surface area contributed by atoms with Gasteiger partial charge in [0.2, 0.25) is 0 Å². The van der Waals surface area contributed by atoms with Crippen LogP contribution in [0.25, 0.3) is 0 Å². The highest BCUT2D eigenvalue weighted by Gasteiger charge is 2.05. The van der Waals surface area contributed by atoms with Crippen molar-refractivity contribution in [1.82, 2.24) is 9.55 Å². The van der Waals surface area contributed by atoms with Crippen LogP contribution in [0.15, 0.2) is 35.3 Å². The van der Waals surface area contributed by atoms with E-state index in [0.717, 1.165) is 18.0 Å². The summed E-state index contributed by atoms with van der Waals surface area (Å²) in [6.07, 6.45) is 2.34. The zero-order chi connectivity index (χ0) is 14.5. The standard InChI is InChI=1S/C14H16IN3O2/c1-10-17-9-13(15)14(19)18(10)7-2-8-20-12-5-3-11(16)4-6-12/h3-6,9H,2,7-8,16H2,1H3. The molecule has 1 aromatic heterocycles. The van der Waals surface area contributed by atoms with Crippen molar-refractivity contribution < 1.29 is 4.74 Å². The summed E-state index contributed by atoms with van der Waals surface area (Å²) in [6, 6.07) is 7.26. The number of hydrogen-bond donors (Lipinski definition) is 1. The number of ether oxygens (including phenoxy) is 1. The van der Waals surface area contributed by atoms with Crippen LogP contribution in [0.5, 0.6) is 5.75 Å². The van der Waals surface area contributed by atoms with Gasteiger partial charge in [-0.3, -0.25) is 9.36 Å². The Morgan fingerprint density at radius 1 is 1.35 bits per heavy atom. The van der Waals surface area contributed by atoms with Crippen molar-refractivity contribution in [3.8, 4) is 5.75 Å². The molecule has 0 saturated heterocycles. The molecule has 0 amide bonds. The first-order valence-electron chi connectivity index (χ1n) is 6.28. The summed E-state index contributed by atoms with van der Waals surface area (Å²) in [7, 11) is 0. The van der Waals surface area contributed by atoms with Crippen LogP contribution in [0.2, 0.25) is 0 Å². The molecule has 5 nitrogen and oxygen atoms in total. The van der Waals surface area contributed by atoms with Crippen molar-refractivity contribution >= 4 is 28.3 Å². The third-order valence-corrected chi connectivity index (χ3v) is 3.62. The number of rotatable bonds is 5. The van der Waals surface area contributed by atoms with Crippen molar-refractivity contribution in [2.75, 3.05) is 12.3 Å². The molecule has 0 aliphatic rings. The molecule has 0 bridgehead atoms. The average molecular weight is 385 g/mol. The van der Waals surface area contributed by atoms with Gasteiger partial charge in [0.05, 0.1) is 10.2 Å². The van der Waals surface area contributed by atoms with E-state index in [2.05, 4.69) is 4.98 Å². The molecule has 0 aliphatic heterocycles. The Bertz CT molecular complexity index is 638. The van der Waals surface area contributed by atoms with E-state index < -0.39 is 0 Å². The maximum absolute atomic E-state index is 12.0. The zero-order valence-corrected chi connectivity index (χ0v) is 13.3. The highest BCUT2D eigenvalue weighted by atomic mass is 127. The summed E-state index contributed by atoms with van der Waals surface area (Å²) in [5.41, 5.74) is 6.32. The first-order valence-corrected chi connectivity index (χ1v) is 7.36. The molecule has 0 spiro atoms. The van der Waals surface area contributed by atoms with Crippen LogP contribution in [-0.2, 0) is 6.54 Å². The normalized spacial score (nSPS) is 10.5. The quantitative estimate of drug-likeness (QED) is 0.487. The minimum Gasteiger partial charge on any atom is -0.494 e. The highest BCUT2D eigenvalue weighted by Crippen LogP contribution is 2.13. The Kier molecular flexibility index (Phi) is 4.99. The van der Waals surface area contributed by atoms with Crippen LogP contribution in [0, 0.1) is 10.5 Å². The van der Waals surface area contributed by atoms with E-state index in [9.17, 15) is 4.79 Å². The first kappa shape index (κ1) is 14.8. The summed E-state index contributed by atoms with van der Waals surface area (Å²) >= 11 is 2.00. The van der Waals surface area contributed by atoms with Gasteiger partial charge in [-0.15, -0.1) is 0 Å². The van der Waals surface area contributed by atoms with Crippen molar-refractivity contribution in [1.29, 1.82) is 0 Å². The minimum atomic E-state index is 0.00517. The zero-order valence-electron chi connectivity index (χ0n) is 11.2. The third kappa shape index (κ3) is 3.72. The van der Waals surface area contributed by atoms with E-state index >= 15 is 0 Å². The second-order valence-corrected chi connectivity index (χ2v) is 5.54. The highest BCUT2D eigenvalue weighted by molar-refractivity contribution is 14.1. The lowest BCUT2D eigenvalue weighted by molar-refractivity contribution is 0.300. The van der Waals surface area contributed by atoms with Gasteiger partial charge in [0.25, 0.3) is 5.56 Å². The van der Waals surface area contributed by atoms with Crippen molar-refractivity contribution in [2.45, 2.75) is 19.9 Å². The van der Waals surface area contributed by atoms with Crippen LogP contribution >= 0.6 is 22.6 Å². The van der Waals surface area contributed by atoms with E-state index in [0.29, 0.717) is 22.4 Å². The SMILES string of the molecule is Cc1ncc(I)c(=O)n1CCCOc1ccc(N)cc1. The van der Waals surface area contributed by atoms with Crippen molar-refractivity contribution in [2.24, 2.45) is 0 Å².